The zero-order valence-corrected chi connectivity index (χ0v) is 11.3. The van der Waals surface area contributed by atoms with Crippen LogP contribution in [-0.2, 0) is 12.4 Å². The number of alkyl halides is 1. The fourth-order valence-corrected chi connectivity index (χ4v) is 2.07. The van der Waals surface area contributed by atoms with Gasteiger partial charge in [-0.2, -0.15) is 0 Å². The summed E-state index contributed by atoms with van der Waals surface area (Å²) in [6, 6.07) is 12.5. The molecular weight excluding hydrogens is 244 g/mol. The van der Waals surface area contributed by atoms with E-state index >= 15 is 0 Å². The van der Waals surface area contributed by atoms with Crippen LogP contribution in [0, 0.1) is 0 Å². The summed E-state index contributed by atoms with van der Waals surface area (Å²) in [6.45, 7) is 4.04. The van der Waals surface area contributed by atoms with E-state index in [1.165, 1.54) is 11.3 Å². The van der Waals surface area contributed by atoms with Crippen LogP contribution in [0.1, 0.15) is 18.1 Å². The fourth-order valence-electron chi connectivity index (χ4n) is 1.89. The molecule has 0 aliphatic carbocycles. The maximum absolute atomic E-state index is 5.80. The van der Waals surface area contributed by atoms with Crippen molar-refractivity contribution < 1.29 is 0 Å². The number of aromatic nitrogens is 1. The zero-order valence-electron chi connectivity index (χ0n) is 10.5. The average Bonchev–Trinajstić information content (AvgIpc) is 2.46. The van der Waals surface area contributed by atoms with Crippen molar-refractivity contribution in [3.8, 4) is 0 Å². The largest absolute Gasteiger partial charge is 0.367 e. The highest BCUT2D eigenvalue weighted by Crippen LogP contribution is 2.18. The van der Waals surface area contributed by atoms with Crippen molar-refractivity contribution in [3.63, 3.8) is 0 Å². The molecule has 0 atom stereocenters. The molecule has 0 bridgehead atoms. The minimum atomic E-state index is 0.566. The first-order chi connectivity index (χ1) is 8.83. The van der Waals surface area contributed by atoms with Crippen molar-refractivity contribution >= 4 is 17.3 Å². The summed E-state index contributed by atoms with van der Waals surface area (Å²) in [6.07, 6.45) is 3.67. The molecule has 2 rings (SSSR count). The van der Waals surface area contributed by atoms with Crippen molar-refractivity contribution in [1.82, 2.24) is 4.98 Å². The number of anilines is 1. The standard InChI is InChI=1S/C15H17ClN2/c1-2-18(12-14-7-9-17-10-8-14)15-5-3-13(11-16)4-6-15/h3-10H,2,11-12H2,1H3. The highest BCUT2D eigenvalue weighted by Gasteiger charge is 2.05. The first-order valence-electron chi connectivity index (χ1n) is 6.12. The number of pyridine rings is 1. The van der Waals surface area contributed by atoms with Crippen molar-refractivity contribution in [2.75, 3.05) is 11.4 Å². The Bertz CT molecular complexity index is 468. The molecule has 0 saturated carbocycles. The normalized spacial score (nSPS) is 10.3. The Kier molecular flexibility index (Phi) is 4.59. The Hall–Kier alpha value is -1.54. The van der Waals surface area contributed by atoms with E-state index in [0.29, 0.717) is 5.88 Å². The lowest BCUT2D eigenvalue weighted by atomic mass is 10.2. The molecule has 18 heavy (non-hydrogen) atoms. The van der Waals surface area contributed by atoms with E-state index in [1.807, 2.05) is 12.4 Å². The van der Waals surface area contributed by atoms with Crippen LogP contribution in [0.4, 0.5) is 5.69 Å². The summed E-state index contributed by atoms with van der Waals surface area (Å²) in [5, 5.41) is 0. The summed E-state index contributed by atoms with van der Waals surface area (Å²) < 4.78 is 0. The fraction of sp³-hybridized carbons (Fsp3) is 0.267. The number of nitrogens with zero attached hydrogens (tertiary/aromatic N) is 2. The average molecular weight is 261 g/mol. The molecule has 0 aliphatic rings. The van der Waals surface area contributed by atoms with Crippen molar-refractivity contribution in [2.24, 2.45) is 0 Å². The lowest BCUT2D eigenvalue weighted by Crippen LogP contribution is -2.21. The number of halogens is 1. The summed E-state index contributed by atoms with van der Waals surface area (Å²) in [5.74, 6) is 0.566. The first-order valence-corrected chi connectivity index (χ1v) is 6.65. The van der Waals surface area contributed by atoms with Gasteiger partial charge >= 0.3 is 0 Å². The third-order valence-corrected chi connectivity index (χ3v) is 3.27. The monoisotopic (exact) mass is 260 g/mol. The van der Waals surface area contributed by atoms with Gasteiger partial charge < -0.3 is 4.90 Å². The zero-order chi connectivity index (χ0) is 12.8. The summed E-state index contributed by atoms with van der Waals surface area (Å²) in [7, 11) is 0. The highest BCUT2D eigenvalue weighted by atomic mass is 35.5. The van der Waals surface area contributed by atoms with Crippen LogP contribution in [0.15, 0.2) is 48.8 Å². The molecule has 1 heterocycles. The topological polar surface area (TPSA) is 16.1 Å². The molecule has 1 aromatic heterocycles. The van der Waals surface area contributed by atoms with Gasteiger partial charge in [0.05, 0.1) is 0 Å². The van der Waals surface area contributed by atoms with Gasteiger partial charge in [0, 0.05) is 37.1 Å². The van der Waals surface area contributed by atoms with Gasteiger partial charge in [0.25, 0.3) is 0 Å². The Balaban J connectivity index is 2.12. The molecule has 3 heteroatoms. The smallest absolute Gasteiger partial charge is 0.0474 e. The van der Waals surface area contributed by atoms with Crippen LogP contribution in [0.25, 0.3) is 0 Å². The molecule has 0 aliphatic heterocycles. The molecule has 0 fully saturated rings. The summed E-state index contributed by atoms with van der Waals surface area (Å²) >= 11 is 5.80. The Morgan fingerprint density at radius 3 is 2.22 bits per heavy atom. The molecular formula is C15H17ClN2. The molecule has 0 spiro atoms. The van der Waals surface area contributed by atoms with E-state index in [2.05, 4.69) is 53.2 Å². The van der Waals surface area contributed by atoms with E-state index in [4.69, 9.17) is 11.6 Å². The number of rotatable bonds is 5. The molecule has 0 N–H and O–H groups in total. The number of hydrogen-bond donors (Lipinski definition) is 0. The minimum Gasteiger partial charge on any atom is -0.367 e. The third kappa shape index (κ3) is 3.23. The molecule has 0 saturated heterocycles. The van der Waals surface area contributed by atoms with Gasteiger partial charge in [0.15, 0.2) is 0 Å². The highest BCUT2D eigenvalue weighted by molar-refractivity contribution is 6.17. The molecule has 0 unspecified atom stereocenters. The first kappa shape index (κ1) is 12.9. The Morgan fingerprint density at radius 2 is 1.67 bits per heavy atom. The second-order valence-corrected chi connectivity index (χ2v) is 4.44. The van der Waals surface area contributed by atoms with Crippen LogP contribution < -0.4 is 4.90 Å². The molecule has 0 amide bonds. The SMILES string of the molecule is CCN(Cc1ccncc1)c1ccc(CCl)cc1. The van der Waals surface area contributed by atoms with Gasteiger partial charge in [-0.25, -0.2) is 0 Å². The van der Waals surface area contributed by atoms with Gasteiger partial charge in [-0.15, -0.1) is 11.6 Å². The van der Waals surface area contributed by atoms with Crippen LogP contribution in [-0.4, -0.2) is 11.5 Å². The molecule has 94 valence electrons. The van der Waals surface area contributed by atoms with Crippen LogP contribution in [0.5, 0.6) is 0 Å². The van der Waals surface area contributed by atoms with Gasteiger partial charge in [0.2, 0.25) is 0 Å². The van der Waals surface area contributed by atoms with E-state index in [0.717, 1.165) is 18.7 Å². The maximum Gasteiger partial charge on any atom is 0.0474 e. The predicted molar refractivity (Wildman–Crippen MR) is 77.0 cm³/mol. The second kappa shape index (κ2) is 6.41. The second-order valence-electron chi connectivity index (χ2n) is 4.17. The van der Waals surface area contributed by atoms with E-state index < -0.39 is 0 Å². The maximum atomic E-state index is 5.80. The Labute approximate surface area is 113 Å². The number of benzene rings is 1. The summed E-state index contributed by atoms with van der Waals surface area (Å²) in [4.78, 5) is 6.37. The number of hydrogen-bond acceptors (Lipinski definition) is 2. The predicted octanol–water partition coefficient (Wildman–Crippen LogP) is 3.85. The quantitative estimate of drug-likeness (QED) is 0.760. The van der Waals surface area contributed by atoms with Gasteiger partial charge in [-0.1, -0.05) is 12.1 Å². The van der Waals surface area contributed by atoms with Crippen LogP contribution >= 0.6 is 11.6 Å². The Morgan fingerprint density at radius 1 is 1.00 bits per heavy atom. The summed E-state index contributed by atoms with van der Waals surface area (Å²) in [5.41, 5.74) is 3.65. The lowest BCUT2D eigenvalue weighted by molar-refractivity contribution is 0.830. The molecule has 0 radical (unpaired) electrons. The van der Waals surface area contributed by atoms with E-state index in [-0.39, 0.29) is 0 Å². The van der Waals surface area contributed by atoms with E-state index in [9.17, 15) is 0 Å². The van der Waals surface area contributed by atoms with Gasteiger partial charge in [0.1, 0.15) is 0 Å². The molecule has 2 nitrogen and oxygen atoms in total. The van der Waals surface area contributed by atoms with Crippen molar-refractivity contribution in [3.05, 3.63) is 59.9 Å². The van der Waals surface area contributed by atoms with Crippen LogP contribution in [0.3, 0.4) is 0 Å². The van der Waals surface area contributed by atoms with Gasteiger partial charge in [-0.05, 0) is 42.3 Å². The van der Waals surface area contributed by atoms with Crippen LogP contribution in [0.2, 0.25) is 0 Å². The van der Waals surface area contributed by atoms with E-state index in [1.54, 1.807) is 0 Å². The van der Waals surface area contributed by atoms with Gasteiger partial charge in [-0.3, -0.25) is 4.98 Å². The molecule has 2 aromatic rings. The third-order valence-electron chi connectivity index (χ3n) is 2.96. The minimum absolute atomic E-state index is 0.566. The van der Waals surface area contributed by atoms with Crippen molar-refractivity contribution in [2.45, 2.75) is 19.3 Å². The lowest BCUT2D eigenvalue weighted by Gasteiger charge is -2.23. The molecule has 1 aromatic carbocycles. The van der Waals surface area contributed by atoms with Crippen molar-refractivity contribution in [1.29, 1.82) is 0 Å².